The summed E-state index contributed by atoms with van der Waals surface area (Å²) in [7, 11) is 4.19. The van der Waals surface area contributed by atoms with Gasteiger partial charge in [0.25, 0.3) is 0 Å². The molecule has 1 fully saturated rings. The number of hydrogen-bond acceptors (Lipinski definition) is 3. The zero-order valence-corrected chi connectivity index (χ0v) is 12.0. The quantitative estimate of drug-likeness (QED) is 0.746. The van der Waals surface area contributed by atoms with Crippen LogP contribution < -0.4 is 5.32 Å². The van der Waals surface area contributed by atoms with Crippen molar-refractivity contribution < 1.29 is 5.11 Å². The lowest BCUT2D eigenvalue weighted by Crippen LogP contribution is -2.49. The molecule has 0 aromatic carbocycles. The third-order valence-corrected chi connectivity index (χ3v) is 4.35. The van der Waals surface area contributed by atoms with Crippen LogP contribution in [0.1, 0.15) is 46.0 Å². The standard InChI is InChI=1S/C14H30N2O/c1-5-14(2,10-15-3)11-16(4)12-8-6-7-9-13(12)17/h12-13,15,17H,5-11H2,1-4H3. The van der Waals surface area contributed by atoms with Gasteiger partial charge in [0, 0.05) is 19.1 Å². The first-order chi connectivity index (χ1) is 8.02. The molecular formula is C14H30N2O. The molecule has 3 nitrogen and oxygen atoms in total. The molecule has 0 aromatic rings. The molecule has 0 heterocycles. The van der Waals surface area contributed by atoms with Crippen LogP contribution in [0.3, 0.4) is 0 Å². The molecule has 0 radical (unpaired) electrons. The van der Waals surface area contributed by atoms with Crippen molar-refractivity contribution in [2.45, 2.75) is 58.1 Å². The highest BCUT2D eigenvalue weighted by molar-refractivity contribution is 4.86. The Labute approximate surface area is 107 Å². The zero-order valence-electron chi connectivity index (χ0n) is 12.0. The minimum Gasteiger partial charge on any atom is -0.391 e. The van der Waals surface area contributed by atoms with Crippen LogP contribution >= 0.6 is 0 Å². The highest BCUT2D eigenvalue weighted by Crippen LogP contribution is 2.27. The maximum atomic E-state index is 10.1. The normalized spacial score (nSPS) is 29.3. The van der Waals surface area contributed by atoms with Gasteiger partial charge in [-0.1, -0.05) is 26.7 Å². The predicted octanol–water partition coefficient (Wildman–Crippen LogP) is 1.86. The summed E-state index contributed by atoms with van der Waals surface area (Å²) in [6.07, 6.45) is 5.63. The van der Waals surface area contributed by atoms with Crippen molar-refractivity contribution in [1.29, 1.82) is 0 Å². The second kappa shape index (κ2) is 6.72. The molecular weight excluding hydrogens is 212 g/mol. The average Bonchev–Trinajstić information content (AvgIpc) is 2.29. The van der Waals surface area contributed by atoms with Gasteiger partial charge in [0.15, 0.2) is 0 Å². The fraction of sp³-hybridized carbons (Fsp3) is 1.00. The molecule has 0 aromatic heterocycles. The van der Waals surface area contributed by atoms with E-state index < -0.39 is 0 Å². The average molecular weight is 242 g/mol. The van der Waals surface area contributed by atoms with Crippen LogP contribution in [0.25, 0.3) is 0 Å². The lowest BCUT2D eigenvalue weighted by atomic mass is 9.84. The van der Waals surface area contributed by atoms with Crippen LogP contribution in [0.15, 0.2) is 0 Å². The van der Waals surface area contributed by atoms with Gasteiger partial charge in [0.2, 0.25) is 0 Å². The Hall–Kier alpha value is -0.120. The Morgan fingerprint density at radius 1 is 1.35 bits per heavy atom. The Kier molecular flexibility index (Phi) is 5.90. The van der Waals surface area contributed by atoms with E-state index in [2.05, 4.69) is 31.1 Å². The van der Waals surface area contributed by atoms with Crippen molar-refractivity contribution in [3.05, 3.63) is 0 Å². The lowest BCUT2D eigenvalue weighted by molar-refractivity contribution is 0.0143. The van der Waals surface area contributed by atoms with Gasteiger partial charge >= 0.3 is 0 Å². The maximum absolute atomic E-state index is 10.1. The van der Waals surface area contributed by atoms with Gasteiger partial charge in [-0.25, -0.2) is 0 Å². The van der Waals surface area contributed by atoms with Gasteiger partial charge in [-0.15, -0.1) is 0 Å². The second-order valence-electron chi connectivity index (χ2n) is 6.03. The number of aliphatic hydroxyl groups excluding tert-OH is 1. The summed E-state index contributed by atoms with van der Waals surface area (Å²) in [5.41, 5.74) is 0.306. The minimum absolute atomic E-state index is 0.121. The molecule has 3 heteroatoms. The minimum atomic E-state index is -0.121. The number of likely N-dealkylation sites (N-methyl/N-ethyl adjacent to an activating group) is 1. The summed E-state index contributed by atoms with van der Waals surface area (Å²) >= 11 is 0. The van der Waals surface area contributed by atoms with Gasteiger partial charge in [0.1, 0.15) is 0 Å². The number of aliphatic hydroxyl groups is 1. The number of hydrogen-bond donors (Lipinski definition) is 2. The van der Waals surface area contributed by atoms with Gasteiger partial charge in [-0.05, 0) is 38.8 Å². The van der Waals surface area contributed by atoms with Crippen molar-refractivity contribution in [2.75, 3.05) is 27.2 Å². The number of nitrogens with one attached hydrogen (secondary N) is 1. The van der Waals surface area contributed by atoms with E-state index in [4.69, 9.17) is 0 Å². The molecule has 102 valence electrons. The monoisotopic (exact) mass is 242 g/mol. The molecule has 17 heavy (non-hydrogen) atoms. The summed E-state index contributed by atoms with van der Waals surface area (Å²) in [5, 5.41) is 13.4. The Balaban J connectivity index is 2.53. The molecule has 0 saturated heterocycles. The van der Waals surface area contributed by atoms with Crippen molar-refractivity contribution in [3.63, 3.8) is 0 Å². The number of nitrogens with zero attached hydrogens (tertiary/aromatic N) is 1. The zero-order chi connectivity index (χ0) is 12.9. The number of rotatable bonds is 6. The van der Waals surface area contributed by atoms with E-state index in [-0.39, 0.29) is 6.10 Å². The molecule has 0 spiro atoms. The highest BCUT2D eigenvalue weighted by atomic mass is 16.3. The first-order valence-corrected chi connectivity index (χ1v) is 7.05. The van der Waals surface area contributed by atoms with Crippen molar-refractivity contribution >= 4 is 0 Å². The van der Waals surface area contributed by atoms with Crippen molar-refractivity contribution in [1.82, 2.24) is 10.2 Å². The van der Waals surface area contributed by atoms with Gasteiger partial charge in [-0.2, -0.15) is 0 Å². The topological polar surface area (TPSA) is 35.5 Å². The first kappa shape index (κ1) is 14.9. The Morgan fingerprint density at radius 3 is 2.53 bits per heavy atom. The summed E-state index contributed by atoms with van der Waals surface area (Å²) in [5.74, 6) is 0. The molecule has 1 saturated carbocycles. The lowest BCUT2D eigenvalue weighted by Gasteiger charge is -2.40. The largest absolute Gasteiger partial charge is 0.391 e. The second-order valence-corrected chi connectivity index (χ2v) is 6.03. The first-order valence-electron chi connectivity index (χ1n) is 7.05. The highest BCUT2D eigenvalue weighted by Gasteiger charge is 2.31. The molecule has 1 rings (SSSR count). The van der Waals surface area contributed by atoms with Crippen LogP contribution in [-0.2, 0) is 0 Å². The molecule has 0 bridgehead atoms. The predicted molar refractivity (Wildman–Crippen MR) is 73.2 cm³/mol. The summed E-state index contributed by atoms with van der Waals surface area (Å²) in [6.45, 7) is 6.68. The third-order valence-electron chi connectivity index (χ3n) is 4.35. The van der Waals surface area contributed by atoms with Crippen LogP contribution in [0.5, 0.6) is 0 Å². The van der Waals surface area contributed by atoms with E-state index in [0.29, 0.717) is 11.5 Å². The van der Waals surface area contributed by atoms with Crippen LogP contribution in [0.4, 0.5) is 0 Å². The summed E-state index contributed by atoms with van der Waals surface area (Å²) in [6, 6.07) is 0.367. The van der Waals surface area contributed by atoms with Crippen molar-refractivity contribution in [2.24, 2.45) is 5.41 Å². The van der Waals surface area contributed by atoms with Crippen LogP contribution in [0.2, 0.25) is 0 Å². The molecule has 2 N–H and O–H groups in total. The Morgan fingerprint density at radius 2 is 2.00 bits per heavy atom. The van der Waals surface area contributed by atoms with E-state index in [0.717, 1.165) is 25.9 Å². The van der Waals surface area contributed by atoms with Gasteiger partial charge < -0.3 is 15.3 Å². The molecule has 0 amide bonds. The smallest absolute Gasteiger partial charge is 0.0695 e. The molecule has 1 aliphatic carbocycles. The molecule has 0 aliphatic heterocycles. The van der Waals surface area contributed by atoms with E-state index in [1.807, 2.05) is 7.05 Å². The van der Waals surface area contributed by atoms with E-state index >= 15 is 0 Å². The summed E-state index contributed by atoms with van der Waals surface area (Å²) in [4.78, 5) is 2.38. The molecule has 3 unspecified atom stereocenters. The maximum Gasteiger partial charge on any atom is 0.0695 e. The third kappa shape index (κ3) is 4.23. The van der Waals surface area contributed by atoms with Gasteiger partial charge in [0.05, 0.1) is 6.10 Å². The fourth-order valence-corrected chi connectivity index (χ4v) is 3.04. The van der Waals surface area contributed by atoms with E-state index in [1.54, 1.807) is 0 Å². The van der Waals surface area contributed by atoms with E-state index in [9.17, 15) is 5.11 Å². The van der Waals surface area contributed by atoms with Crippen LogP contribution in [-0.4, -0.2) is 49.3 Å². The van der Waals surface area contributed by atoms with Crippen molar-refractivity contribution in [3.8, 4) is 0 Å². The van der Waals surface area contributed by atoms with Gasteiger partial charge in [-0.3, -0.25) is 0 Å². The SMILES string of the molecule is CCC(C)(CNC)CN(C)C1CCCCC1O. The fourth-order valence-electron chi connectivity index (χ4n) is 3.04. The van der Waals surface area contributed by atoms with E-state index in [1.165, 1.54) is 19.3 Å². The Bertz CT molecular complexity index is 222. The molecule has 3 atom stereocenters. The van der Waals surface area contributed by atoms with Crippen LogP contribution in [0, 0.1) is 5.41 Å². The molecule has 1 aliphatic rings. The summed E-state index contributed by atoms with van der Waals surface area (Å²) < 4.78 is 0.